The van der Waals surface area contributed by atoms with Crippen LogP contribution in [0.3, 0.4) is 0 Å². The van der Waals surface area contributed by atoms with Gasteiger partial charge in [0.1, 0.15) is 16.7 Å². The Labute approximate surface area is 94.9 Å². The number of hydrogen-bond donors (Lipinski definition) is 1. The summed E-state index contributed by atoms with van der Waals surface area (Å²) in [6.07, 6.45) is 3.61. The Kier molecular flexibility index (Phi) is 1.97. The minimum Gasteiger partial charge on any atom is -0.451 e. The summed E-state index contributed by atoms with van der Waals surface area (Å²) in [6.45, 7) is 1.97. The standard InChI is InChI=1S/C10H9N3O2S/c1-5-8(11)9-10(16-5)7(13-15-9)2-6-3-14-4-12-6/h3-4H,2,11H2,1H3. The predicted molar refractivity (Wildman–Crippen MR) is 60.3 cm³/mol. The quantitative estimate of drug-likeness (QED) is 0.737. The number of fused-ring (bicyclic) bond motifs is 1. The second kappa shape index (κ2) is 3.34. The molecule has 3 aromatic rings. The number of nitrogens with two attached hydrogens (primary N) is 1. The number of thiophene rings is 1. The van der Waals surface area contributed by atoms with Crippen molar-refractivity contribution in [1.82, 2.24) is 10.1 Å². The highest BCUT2D eigenvalue weighted by molar-refractivity contribution is 7.19. The molecule has 0 atom stereocenters. The maximum atomic E-state index is 5.87. The largest absolute Gasteiger partial charge is 0.451 e. The molecule has 0 spiro atoms. The highest BCUT2D eigenvalue weighted by Gasteiger charge is 2.16. The number of nitrogen functional groups attached to an aromatic ring is 1. The predicted octanol–water partition coefficient (Wildman–Crippen LogP) is 2.36. The second-order valence-electron chi connectivity index (χ2n) is 3.52. The van der Waals surface area contributed by atoms with Crippen LogP contribution in [-0.4, -0.2) is 10.1 Å². The first kappa shape index (κ1) is 9.41. The molecule has 5 nitrogen and oxygen atoms in total. The molecular weight excluding hydrogens is 226 g/mol. The summed E-state index contributed by atoms with van der Waals surface area (Å²) in [5.41, 5.74) is 8.92. The Morgan fingerprint density at radius 2 is 2.38 bits per heavy atom. The van der Waals surface area contributed by atoms with Gasteiger partial charge in [-0.25, -0.2) is 4.98 Å². The van der Waals surface area contributed by atoms with Crippen molar-refractivity contribution >= 4 is 27.3 Å². The number of anilines is 1. The molecule has 0 fully saturated rings. The summed E-state index contributed by atoms with van der Waals surface area (Å²) in [6, 6.07) is 0. The van der Waals surface area contributed by atoms with Gasteiger partial charge in [-0.1, -0.05) is 5.16 Å². The minimum atomic E-state index is 0.600. The lowest BCUT2D eigenvalue weighted by molar-refractivity contribution is 0.448. The molecule has 0 bridgehead atoms. The first-order valence-electron chi connectivity index (χ1n) is 4.76. The van der Waals surface area contributed by atoms with E-state index in [1.807, 2.05) is 6.92 Å². The summed E-state index contributed by atoms with van der Waals surface area (Å²) >= 11 is 1.59. The van der Waals surface area contributed by atoms with E-state index in [2.05, 4.69) is 10.1 Å². The second-order valence-corrected chi connectivity index (χ2v) is 4.74. The normalized spacial score (nSPS) is 11.3. The topological polar surface area (TPSA) is 78.1 Å². The summed E-state index contributed by atoms with van der Waals surface area (Å²) in [7, 11) is 0. The van der Waals surface area contributed by atoms with Gasteiger partial charge in [0.05, 0.1) is 11.4 Å². The Bertz CT molecular complexity index is 624. The molecule has 3 aromatic heterocycles. The van der Waals surface area contributed by atoms with Gasteiger partial charge in [0.15, 0.2) is 6.39 Å². The molecule has 3 rings (SSSR count). The molecule has 16 heavy (non-hydrogen) atoms. The Morgan fingerprint density at radius 1 is 1.50 bits per heavy atom. The van der Waals surface area contributed by atoms with E-state index in [1.54, 1.807) is 17.6 Å². The molecule has 0 unspecified atom stereocenters. The van der Waals surface area contributed by atoms with Gasteiger partial charge in [-0.05, 0) is 6.92 Å². The van der Waals surface area contributed by atoms with Crippen molar-refractivity contribution in [3.63, 3.8) is 0 Å². The molecule has 0 aliphatic rings. The van der Waals surface area contributed by atoms with E-state index >= 15 is 0 Å². The first-order chi connectivity index (χ1) is 7.75. The van der Waals surface area contributed by atoms with Crippen molar-refractivity contribution in [2.75, 3.05) is 5.73 Å². The van der Waals surface area contributed by atoms with Crippen LogP contribution in [0.4, 0.5) is 5.69 Å². The van der Waals surface area contributed by atoms with Gasteiger partial charge >= 0.3 is 0 Å². The van der Waals surface area contributed by atoms with Gasteiger partial charge in [-0.15, -0.1) is 11.3 Å². The van der Waals surface area contributed by atoms with Crippen LogP contribution in [0.15, 0.2) is 21.6 Å². The number of rotatable bonds is 2. The number of aromatic nitrogens is 2. The minimum absolute atomic E-state index is 0.600. The maximum absolute atomic E-state index is 5.87. The molecular formula is C10H9N3O2S. The lowest BCUT2D eigenvalue weighted by Crippen LogP contribution is -1.87. The van der Waals surface area contributed by atoms with Gasteiger partial charge in [0.25, 0.3) is 0 Å². The summed E-state index contributed by atoms with van der Waals surface area (Å²) in [5.74, 6) is 0. The van der Waals surface area contributed by atoms with E-state index in [1.165, 1.54) is 6.39 Å². The van der Waals surface area contributed by atoms with E-state index in [9.17, 15) is 0 Å². The Morgan fingerprint density at radius 3 is 3.12 bits per heavy atom. The van der Waals surface area contributed by atoms with Crippen molar-refractivity contribution in [3.05, 3.63) is 28.9 Å². The van der Waals surface area contributed by atoms with Crippen LogP contribution in [0, 0.1) is 6.92 Å². The molecule has 0 saturated carbocycles. The lowest BCUT2D eigenvalue weighted by Gasteiger charge is -1.88. The molecule has 0 aliphatic carbocycles. The molecule has 0 radical (unpaired) electrons. The third-order valence-electron chi connectivity index (χ3n) is 2.43. The maximum Gasteiger partial charge on any atom is 0.201 e. The summed E-state index contributed by atoms with van der Waals surface area (Å²) in [4.78, 5) is 5.11. The highest BCUT2D eigenvalue weighted by Crippen LogP contribution is 2.35. The van der Waals surface area contributed by atoms with Crippen LogP contribution < -0.4 is 5.73 Å². The molecule has 0 aromatic carbocycles. The van der Waals surface area contributed by atoms with Crippen molar-refractivity contribution < 1.29 is 8.94 Å². The smallest absolute Gasteiger partial charge is 0.201 e. The van der Waals surface area contributed by atoms with Crippen LogP contribution in [0.5, 0.6) is 0 Å². The zero-order valence-corrected chi connectivity index (χ0v) is 9.37. The van der Waals surface area contributed by atoms with E-state index in [-0.39, 0.29) is 0 Å². The van der Waals surface area contributed by atoms with E-state index in [0.717, 1.165) is 21.0 Å². The molecule has 2 N–H and O–H groups in total. The average Bonchev–Trinajstić information content (AvgIpc) is 2.93. The van der Waals surface area contributed by atoms with E-state index < -0.39 is 0 Å². The molecule has 3 heterocycles. The van der Waals surface area contributed by atoms with Gasteiger partial charge in [-0.2, -0.15) is 0 Å². The monoisotopic (exact) mass is 235 g/mol. The Hall–Kier alpha value is -1.82. The van der Waals surface area contributed by atoms with Crippen LogP contribution in [0.25, 0.3) is 10.3 Å². The first-order valence-corrected chi connectivity index (χ1v) is 5.57. The molecule has 82 valence electrons. The fourth-order valence-corrected chi connectivity index (χ4v) is 2.54. The zero-order valence-electron chi connectivity index (χ0n) is 8.56. The van der Waals surface area contributed by atoms with Crippen LogP contribution in [0.2, 0.25) is 0 Å². The third-order valence-corrected chi connectivity index (χ3v) is 3.58. The zero-order chi connectivity index (χ0) is 11.1. The van der Waals surface area contributed by atoms with Crippen LogP contribution >= 0.6 is 11.3 Å². The fourth-order valence-electron chi connectivity index (χ4n) is 1.57. The van der Waals surface area contributed by atoms with Crippen molar-refractivity contribution in [3.8, 4) is 0 Å². The molecule has 0 aliphatic heterocycles. The van der Waals surface area contributed by atoms with E-state index in [0.29, 0.717) is 17.7 Å². The van der Waals surface area contributed by atoms with Crippen molar-refractivity contribution in [2.24, 2.45) is 0 Å². The summed E-state index contributed by atoms with van der Waals surface area (Å²) in [5, 5.41) is 4.01. The highest BCUT2D eigenvalue weighted by atomic mass is 32.1. The average molecular weight is 235 g/mol. The molecule has 0 saturated heterocycles. The van der Waals surface area contributed by atoms with Gasteiger partial charge in [-0.3, -0.25) is 0 Å². The van der Waals surface area contributed by atoms with Crippen LogP contribution in [-0.2, 0) is 6.42 Å². The third kappa shape index (κ3) is 1.30. The Balaban J connectivity index is 2.07. The summed E-state index contributed by atoms with van der Waals surface area (Å²) < 4.78 is 11.1. The van der Waals surface area contributed by atoms with Gasteiger partial charge in [0.2, 0.25) is 5.58 Å². The number of oxazole rings is 1. The van der Waals surface area contributed by atoms with E-state index in [4.69, 9.17) is 14.7 Å². The van der Waals surface area contributed by atoms with Gasteiger partial charge in [0, 0.05) is 11.3 Å². The number of nitrogens with zero attached hydrogens (tertiary/aromatic N) is 2. The van der Waals surface area contributed by atoms with Crippen molar-refractivity contribution in [2.45, 2.75) is 13.3 Å². The van der Waals surface area contributed by atoms with Gasteiger partial charge < -0.3 is 14.7 Å². The van der Waals surface area contributed by atoms with Crippen molar-refractivity contribution in [1.29, 1.82) is 0 Å². The SMILES string of the molecule is Cc1sc2c(Cc3cocn3)noc2c1N. The molecule has 0 amide bonds. The lowest BCUT2D eigenvalue weighted by atomic mass is 10.2. The fraction of sp³-hybridized carbons (Fsp3) is 0.200. The molecule has 6 heteroatoms. The number of aryl methyl sites for hydroxylation is 1. The van der Waals surface area contributed by atoms with Crippen LogP contribution in [0.1, 0.15) is 16.3 Å². The number of hydrogen-bond acceptors (Lipinski definition) is 6.